The Hall–Kier alpha value is -0.440. The molecule has 0 bridgehead atoms. The maximum Gasteiger partial charge on any atom is 0.137 e. The molecular formula is C14H20Cl2NO+. The molecular weight excluding hydrogens is 269 g/mol. The average molecular weight is 289 g/mol. The first kappa shape index (κ1) is 14.0. The minimum absolute atomic E-state index is 0.591. The van der Waals surface area contributed by atoms with Crippen molar-refractivity contribution in [1.29, 1.82) is 0 Å². The maximum atomic E-state index is 6.04. The number of benzene rings is 1. The fourth-order valence-corrected chi connectivity index (χ4v) is 2.86. The Balaban J connectivity index is 1.68. The lowest BCUT2D eigenvalue weighted by Crippen LogP contribution is -3.12. The Morgan fingerprint density at radius 3 is 2.61 bits per heavy atom. The van der Waals surface area contributed by atoms with Crippen LogP contribution in [0, 0.1) is 0 Å². The molecule has 1 fully saturated rings. The SMILES string of the molecule is Clc1ccc(OCCC[NH+]2CCCCC2)c(Cl)c1. The Kier molecular flexibility index (Phi) is 5.61. The molecule has 0 radical (unpaired) electrons. The molecule has 0 aromatic heterocycles. The van der Waals surface area contributed by atoms with E-state index >= 15 is 0 Å². The van der Waals surface area contributed by atoms with Crippen molar-refractivity contribution in [3.63, 3.8) is 0 Å². The third kappa shape index (κ3) is 4.34. The van der Waals surface area contributed by atoms with Crippen molar-refractivity contribution >= 4 is 23.2 Å². The highest BCUT2D eigenvalue weighted by Gasteiger charge is 2.12. The van der Waals surface area contributed by atoms with Gasteiger partial charge >= 0.3 is 0 Å². The van der Waals surface area contributed by atoms with E-state index in [1.165, 1.54) is 38.9 Å². The van der Waals surface area contributed by atoms with Crippen molar-refractivity contribution in [2.45, 2.75) is 25.7 Å². The first-order valence-electron chi connectivity index (χ1n) is 6.67. The van der Waals surface area contributed by atoms with Gasteiger partial charge in [-0.3, -0.25) is 0 Å². The summed E-state index contributed by atoms with van der Waals surface area (Å²) in [7, 11) is 0. The molecule has 100 valence electrons. The van der Waals surface area contributed by atoms with Crippen molar-refractivity contribution in [3.05, 3.63) is 28.2 Å². The van der Waals surface area contributed by atoms with E-state index in [1.54, 1.807) is 17.0 Å². The molecule has 18 heavy (non-hydrogen) atoms. The van der Waals surface area contributed by atoms with Crippen LogP contribution in [0.5, 0.6) is 5.75 Å². The largest absolute Gasteiger partial charge is 0.492 e. The summed E-state index contributed by atoms with van der Waals surface area (Å²) >= 11 is 11.9. The van der Waals surface area contributed by atoms with Crippen molar-refractivity contribution in [3.8, 4) is 5.75 Å². The van der Waals surface area contributed by atoms with Crippen molar-refractivity contribution in [2.24, 2.45) is 0 Å². The zero-order valence-electron chi connectivity index (χ0n) is 10.6. The van der Waals surface area contributed by atoms with Gasteiger partial charge in [0.2, 0.25) is 0 Å². The number of ether oxygens (including phenoxy) is 1. The second-order valence-corrected chi connectivity index (χ2v) is 5.68. The van der Waals surface area contributed by atoms with E-state index < -0.39 is 0 Å². The van der Waals surface area contributed by atoms with Crippen molar-refractivity contribution in [2.75, 3.05) is 26.2 Å². The first-order chi connectivity index (χ1) is 8.75. The van der Waals surface area contributed by atoms with Gasteiger partial charge in [-0.1, -0.05) is 23.2 Å². The maximum absolute atomic E-state index is 6.04. The van der Waals surface area contributed by atoms with E-state index in [-0.39, 0.29) is 0 Å². The van der Waals surface area contributed by atoms with E-state index in [4.69, 9.17) is 27.9 Å². The molecule has 1 aromatic carbocycles. The normalized spacial score (nSPS) is 16.8. The van der Waals surface area contributed by atoms with Crippen molar-refractivity contribution in [1.82, 2.24) is 0 Å². The summed E-state index contributed by atoms with van der Waals surface area (Å²) in [4.78, 5) is 1.71. The lowest BCUT2D eigenvalue weighted by Gasteiger charge is -2.23. The van der Waals surface area contributed by atoms with E-state index in [1.807, 2.05) is 6.07 Å². The van der Waals surface area contributed by atoms with Crippen LogP contribution in [-0.2, 0) is 0 Å². The predicted octanol–water partition coefficient (Wildman–Crippen LogP) is 2.83. The van der Waals surface area contributed by atoms with Crippen LogP contribution in [0.25, 0.3) is 0 Å². The lowest BCUT2D eigenvalue weighted by atomic mass is 10.1. The standard InChI is InChI=1S/C14H19Cl2NO/c15-12-5-6-14(13(16)11-12)18-10-4-9-17-7-2-1-3-8-17/h5-6,11H,1-4,7-10H2/p+1. The number of hydrogen-bond donors (Lipinski definition) is 1. The molecule has 1 saturated heterocycles. The van der Waals surface area contributed by atoms with E-state index in [0.717, 1.165) is 18.8 Å². The van der Waals surface area contributed by atoms with Gasteiger partial charge in [-0.15, -0.1) is 0 Å². The third-order valence-electron chi connectivity index (χ3n) is 3.39. The molecule has 1 heterocycles. The molecule has 1 aliphatic heterocycles. The number of likely N-dealkylation sites (tertiary alicyclic amines) is 1. The molecule has 0 atom stereocenters. The van der Waals surface area contributed by atoms with Crippen LogP contribution in [0.1, 0.15) is 25.7 Å². The topological polar surface area (TPSA) is 13.7 Å². The summed E-state index contributed by atoms with van der Waals surface area (Å²) in [6, 6.07) is 5.35. The van der Waals surface area contributed by atoms with Gasteiger partial charge in [-0.25, -0.2) is 0 Å². The Labute approximate surface area is 119 Å². The number of piperidine rings is 1. The Bertz CT molecular complexity index is 378. The number of halogens is 2. The molecule has 1 aliphatic rings. The molecule has 2 nitrogen and oxygen atoms in total. The van der Waals surface area contributed by atoms with Gasteiger partial charge in [0.25, 0.3) is 0 Å². The molecule has 0 saturated carbocycles. The number of rotatable bonds is 5. The van der Waals surface area contributed by atoms with Crippen LogP contribution < -0.4 is 9.64 Å². The third-order valence-corrected chi connectivity index (χ3v) is 3.92. The Morgan fingerprint density at radius 2 is 1.89 bits per heavy atom. The fourth-order valence-electron chi connectivity index (χ4n) is 2.40. The van der Waals surface area contributed by atoms with E-state index in [2.05, 4.69) is 0 Å². The molecule has 0 spiro atoms. The van der Waals surface area contributed by atoms with Crippen LogP contribution in [0.15, 0.2) is 18.2 Å². The monoisotopic (exact) mass is 288 g/mol. The molecule has 0 unspecified atom stereocenters. The average Bonchev–Trinajstić information content (AvgIpc) is 2.38. The van der Waals surface area contributed by atoms with E-state index in [0.29, 0.717) is 10.0 Å². The fraction of sp³-hybridized carbons (Fsp3) is 0.571. The highest BCUT2D eigenvalue weighted by molar-refractivity contribution is 6.35. The molecule has 4 heteroatoms. The first-order valence-corrected chi connectivity index (χ1v) is 7.43. The summed E-state index contributed by atoms with van der Waals surface area (Å²) in [5, 5.41) is 1.23. The van der Waals surface area contributed by atoms with Gasteiger partial charge in [0.05, 0.1) is 31.3 Å². The minimum Gasteiger partial charge on any atom is -0.492 e. The number of hydrogen-bond acceptors (Lipinski definition) is 1. The smallest absolute Gasteiger partial charge is 0.137 e. The quantitative estimate of drug-likeness (QED) is 0.823. The molecule has 1 aromatic rings. The molecule has 2 rings (SSSR count). The summed E-state index contributed by atoms with van der Waals surface area (Å²) < 4.78 is 5.68. The van der Waals surface area contributed by atoms with Crippen LogP contribution >= 0.6 is 23.2 Å². The number of nitrogens with one attached hydrogen (secondary N) is 1. The molecule has 0 amide bonds. The zero-order valence-corrected chi connectivity index (χ0v) is 12.1. The van der Waals surface area contributed by atoms with Crippen LogP contribution in [0.4, 0.5) is 0 Å². The summed E-state index contributed by atoms with van der Waals surface area (Å²) in [5.41, 5.74) is 0. The lowest BCUT2D eigenvalue weighted by molar-refractivity contribution is -0.905. The van der Waals surface area contributed by atoms with Gasteiger partial charge in [-0.2, -0.15) is 0 Å². The van der Waals surface area contributed by atoms with Gasteiger partial charge in [-0.05, 0) is 37.5 Å². The summed E-state index contributed by atoms with van der Waals surface area (Å²) in [5.74, 6) is 0.731. The van der Waals surface area contributed by atoms with Gasteiger partial charge in [0.1, 0.15) is 5.75 Å². The summed E-state index contributed by atoms with van der Waals surface area (Å²) in [6.07, 6.45) is 5.23. The second kappa shape index (κ2) is 7.22. The Morgan fingerprint density at radius 1 is 1.11 bits per heavy atom. The van der Waals surface area contributed by atoms with Crippen LogP contribution in [0.2, 0.25) is 10.0 Å². The van der Waals surface area contributed by atoms with Crippen molar-refractivity contribution < 1.29 is 9.64 Å². The minimum atomic E-state index is 0.591. The second-order valence-electron chi connectivity index (χ2n) is 4.84. The highest BCUT2D eigenvalue weighted by atomic mass is 35.5. The van der Waals surface area contributed by atoms with E-state index in [9.17, 15) is 0 Å². The van der Waals surface area contributed by atoms with Crippen LogP contribution in [0.3, 0.4) is 0 Å². The van der Waals surface area contributed by atoms with Gasteiger partial charge in [0.15, 0.2) is 0 Å². The highest BCUT2D eigenvalue weighted by Crippen LogP contribution is 2.27. The molecule has 1 N–H and O–H groups in total. The predicted molar refractivity (Wildman–Crippen MR) is 76.0 cm³/mol. The van der Waals surface area contributed by atoms with Gasteiger partial charge < -0.3 is 9.64 Å². The van der Waals surface area contributed by atoms with Crippen LogP contribution in [-0.4, -0.2) is 26.2 Å². The molecule has 0 aliphatic carbocycles. The summed E-state index contributed by atoms with van der Waals surface area (Å²) in [6.45, 7) is 4.57. The number of quaternary nitrogens is 1. The van der Waals surface area contributed by atoms with Gasteiger partial charge in [0, 0.05) is 11.4 Å². The zero-order chi connectivity index (χ0) is 12.8.